The molecule has 0 bridgehead atoms. The first-order chi connectivity index (χ1) is 12.1. The monoisotopic (exact) mass is 339 g/mol. The topological polar surface area (TPSA) is 47.6 Å². The molecule has 0 radical (unpaired) electrons. The van der Waals surface area contributed by atoms with Crippen molar-refractivity contribution in [2.24, 2.45) is 0 Å². The van der Waals surface area contributed by atoms with Crippen molar-refractivity contribution < 1.29 is 14.3 Å². The predicted octanol–water partition coefficient (Wildman–Crippen LogP) is 3.48. The minimum atomic E-state index is -0.0944. The average molecular weight is 339 g/mol. The van der Waals surface area contributed by atoms with Gasteiger partial charge in [-0.15, -0.1) is 0 Å². The van der Waals surface area contributed by atoms with Gasteiger partial charge in [-0.25, -0.2) is 0 Å². The van der Waals surface area contributed by atoms with Crippen LogP contribution in [0.4, 0.5) is 0 Å². The highest BCUT2D eigenvalue weighted by Gasteiger charge is 2.35. The first-order valence-corrected chi connectivity index (χ1v) is 8.71. The maximum Gasteiger partial charge on any atom is 0.251 e. The van der Waals surface area contributed by atoms with E-state index in [9.17, 15) is 4.79 Å². The molecule has 0 aliphatic carbocycles. The van der Waals surface area contributed by atoms with Crippen LogP contribution in [-0.4, -0.2) is 32.8 Å². The SMILES string of the molecule is COc1ccc(C2(CNC(=O)c3ccccc3C)CCOCC2)cc1. The lowest BCUT2D eigenvalue weighted by molar-refractivity contribution is 0.0487. The number of hydrogen-bond donors (Lipinski definition) is 1. The molecular weight excluding hydrogens is 314 g/mol. The van der Waals surface area contributed by atoms with E-state index in [4.69, 9.17) is 9.47 Å². The summed E-state index contributed by atoms with van der Waals surface area (Å²) < 4.78 is 10.8. The fourth-order valence-corrected chi connectivity index (χ4v) is 3.45. The van der Waals surface area contributed by atoms with E-state index in [1.807, 2.05) is 43.3 Å². The van der Waals surface area contributed by atoms with Crippen LogP contribution in [0.5, 0.6) is 5.75 Å². The van der Waals surface area contributed by atoms with Gasteiger partial charge in [-0.3, -0.25) is 4.79 Å². The molecule has 1 N–H and O–H groups in total. The van der Waals surface area contributed by atoms with Crippen molar-refractivity contribution in [3.05, 3.63) is 65.2 Å². The number of carbonyl (C=O) groups is 1. The minimum Gasteiger partial charge on any atom is -0.497 e. The van der Waals surface area contributed by atoms with Gasteiger partial charge >= 0.3 is 0 Å². The maximum atomic E-state index is 12.6. The van der Waals surface area contributed by atoms with Crippen LogP contribution >= 0.6 is 0 Å². The molecule has 1 saturated heterocycles. The van der Waals surface area contributed by atoms with Gasteiger partial charge in [0.25, 0.3) is 5.91 Å². The second-order valence-electron chi connectivity index (χ2n) is 6.62. The molecule has 3 rings (SSSR count). The Balaban J connectivity index is 1.79. The summed E-state index contributed by atoms with van der Waals surface area (Å²) >= 11 is 0. The summed E-state index contributed by atoms with van der Waals surface area (Å²) in [5.74, 6) is 0.826. The third-order valence-electron chi connectivity index (χ3n) is 5.13. The van der Waals surface area contributed by atoms with Gasteiger partial charge in [-0.2, -0.15) is 0 Å². The van der Waals surface area contributed by atoms with Crippen molar-refractivity contribution in [3.63, 3.8) is 0 Å². The van der Waals surface area contributed by atoms with E-state index in [1.54, 1.807) is 7.11 Å². The van der Waals surface area contributed by atoms with E-state index < -0.39 is 0 Å². The molecule has 0 spiro atoms. The van der Waals surface area contributed by atoms with Crippen LogP contribution in [0.3, 0.4) is 0 Å². The number of aryl methyl sites for hydroxylation is 1. The molecule has 1 heterocycles. The Morgan fingerprint density at radius 2 is 1.80 bits per heavy atom. The number of hydrogen-bond acceptors (Lipinski definition) is 3. The summed E-state index contributed by atoms with van der Waals surface area (Å²) in [5.41, 5.74) is 2.86. The van der Waals surface area contributed by atoms with E-state index in [-0.39, 0.29) is 11.3 Å². The van der Waals surface area contributed by atoms with Gasteiger partial charge in [-0.05, 0) is 49.1 Å². The van der Waals surface area contributed by atoms with E-state index in [2.05, 4.69) is 17.4 Å². The van der Waals surface area contributed by atoms with Crippen LogP contribution in [0.15, 0.2) is 48.5 Å². The highest BCUT2D eigenvalue weighted by molar-refractivity contribution is 5.95. The lowest BCUT2D eigenvalue weighted by atomic mass is 9.74. The predicted molar refractivity (Wildman–Crippen MR) is 98.2 cm³/mol. The molecule has 0 saturated carbocycles. The van der Waals surface area contributed by atoms with Gasteiger partial charge in [0.2, 0.25) is 0 Å². The maximum absolute atomic E-state index is 12.6. The van der Waals surface area contributed by atoms with Gasteiger partial charge in [0, 0.05) is 30.7 Å². The fourth-order valence-electron chi connectivity index (χ4n) is 3.45. The Kier molecular flexibility index (Phi) is 5.39. The van der Waals surface area contributed by atoms with Gasteiger partial charge in [0.15, 0.2) is 0 Å². The molecule has 25 heavy (non-hydrogen) atoms. The summed E-state index contributed by atoms with van der Waals surface area (Å²) in [6.07, 6.45) is 1.79. The molecule has 1 fully saturated rings. The molecule has 1 amide bonds. The molecule has 4 heteroatoms. The first-order valence-electron chi connectivity index (χ1n) is 8.71. The molecule has 4 nitrogen and oxygen atoms in total. The van der Waals surface area contributed by atoms with Crippen LogP contribution in [0.2, 0.25) is 0 Å². The Bertz CT molecular complexity index is 718. The molecule has 1 aliphatic rings. The van der Waals surface area contributed by atoms with Crippen LogP contribution in [0.1, 0.15) is 34.3 Å². The van der Waals surface area contributed by atoms with Crippen molar-refractivity contribution in [2.75, 3.05) is 26.9 Å². The van der Waals surface area contributed by atoms with E-state index >= 15 is 0 Å². The highest BCUT2D eigenvalue weighted by atomic mass is 16.5. The van der Waals surface area contributed by atoms with Crippen LogP contribution < -0.4 is 10.1 Å². The Hall–Kier alpha value is -2.33. The lowest BCUT2D eigenvalue weighted by Crippen LogP contribution is -2.44. The van der Waals surface area contributed by atoms with Gasteiger partial charge in [-0.1, -0.05) is 30.3 Å². The summed E-state index contributed by atoms with van der Waals surface area (Å²) in [7, 11) is 1.67. The number of rotatable bonds is 5. The van der Waals surface area contributed by atoms with Gasteiger partial charge < -0.3 is 14.8 Å². The number of amides is 1. The zero-order valence-corrected chi connectivity index (χ0v) is 14.9. The highest BCUT2D eigenvalue weighted by Crippen LogP contribution is 2.35. The smallest absolute Gasteiger partial charge is 0.251 e. The van der Waals surface area contributed by atoms with Crippen LogP contribution in [-0.2, 0) is 10.2 Å². The van der Waals surface area contributed by atoms with Crippen molar-refractivity contribution >= 4 is 5.91 Å². The quantitative estimate of drug-likeness (QED) is 0.907. The number of methoxy groups -OCH3 is 1. The first kappa shape index (κ1) is 17.5. The third-order valence-corrected chi connectivity index (χ3v) is 5.13. The number of carbonyl (C=O) groups excluding carboxylic acids is 1. The van der Waals surface area contributed by atoms with Crippen LogP contribution in [0, 0.1) is 6.92 Å². The lowest BCUT2D eigenvalue weighted by Gasteiger charge is -2.38. The molecule has 0 unspecified atom stereocenters. The molecular formula is C21H25NO3. The normalized spacial score (nSPS) is 16.2. The van der Waals surface area contributed by atoms with E-state index in [0.717, 1.165) is 29.7 Å². The second kappa shape index (κ2) is 7.70. The largest absolute Gasteiger partial charge is 0.497 e. The van der Waals surface area contributed by atoms with Crippen molar-refractivity contribution in [1.82, 2.24) is 5.32 Å². The standard InChI is InChI=1S/C21H25NO3/c1-16-5-3-4-6-19(16)20(23)22-15-21(11-13-25-14-12-21)17-7-9-18(24-2)10-8-17/h3-10H,11-15H2,1-2H3,(H,22,23). The molecule has 132 valence electrons. The van der Waals surface area contributed by atoms with E-state index in [1.165, 1.54) is 5.56 Å². The van der Waals surface area contributed by atoms with Crippen LogP contribution in [0.25, 0.3) is 0 Å². The minimum absolute atomic E-state index is 0.0162. The molecule has 0 aromatic heterocycles. The van der Waals surface area contributed by atoms with E-state index in [0.29, 0.717) is 19.8 Å². The molecule has 2 aromatic carbocycles. The zero-order valence-electron chi connectivity index (χ0n) is 14.9. The van der Waals surface area contributed by atoms with Crippen molar-refractivity contribution in [2.45, 2.75) is 25.2 Å². The average Bonchev–Trinajstić information content (AvgIpc) is 2.67. The fraction of sp³-hybridized carbons (Fsp3) is 0.381. The molecule has 1 aliphatic heterocycles. The van der Waals surface area contributed by atoms with Gasteiger partial charge in [0.1, 0.15) is 5.75 Å². The summed E-state index contributed by atoms with van der Waals surface area (Å²) in [6, 6.07) is 15.8. The Morgan fingerprint density at radius 3 is 2.44 bits per heavy atom. The van der Waals surface area contributed by atoms with Gasteiger partial charge in [0.05, 0.1) is 7.11 Å². The third kappa shape index (κ3) is 3.85. The summed E-state index contributed by atoms with van der Waals surface area (Å²) in [4.78, 5) is 12.6. The Morgan fingerprint density at radius 1 is 1.12 bits per heavy atom. The number of ether oxygens (including phenoxy) is 2. The second-order valence-corrected chi connectivity index (χ2v) is 6.62. The molecule has 0 atom stereocenters. The summed E-state index contributed by atoms with van der Waals surface area (Å²) in [6.45, 7) is 4.00. The van der Waals surface area contributed by atoms with Crippen molar-refractivity contribution in [1.29, 1.82) is 0 Å². The van der Waals surface area contributed by atoms with Crippen molar-refractivity contribution in [3.8, 4) is 5.75 Å². The number of benzene rings is 2. The summed E-state index contributed by atoms with van der Waals surface area (Å²) in [5, 5.41) is 3.15. The Labute approximate surface area is 149 Å². The zero-order chi connectivity index (χ0) is 17.7. The number of nitrogens with one attached hydrogen (secondary N) is 1. The molecule has 2 aromatic rings.